The standard InChI is InChI=1S/C31H24O/c32-31(28-18-8-3-9-19-28,29-21-20-25-14-10-11-17-27(25)23-29)30(26-15-6-2-7-16-26)22-24-12-4-1-5-13-24/h1-23,32H/b30-22+. The van der Waals surface area contributed by atoms with E-state index in [1.165, 1.54) is 0 Å². The van der Waals surface area contributed by atoms with Crippen LogP contribution in [0.1, 0.15) is 22.3 Å². The summed E-state index contributed by atoms with van der Waals surface area (Å²) in [5.74, 6) is 0. The van der Waals surface area contributed by atoms with Crippen LogP contribution in [-0.2, 0) is 5.60 Å². The predicted octanol–water partition coefficient (Wildman–Crippen LogP) is 7.32. The van der Waals surface area contributed by atoms with Crippen molar-refractivity contribution in [1.82, 2.24) is 0 Å². The molecule has 1 N–H and O–H groups in total. The van der Waals surface area contributed by atoms with Gasteiger partial charge in [-0.25, -0.2) is 0 Å². The second-order valence-corrected chi connectivity index (χ2v) is 7.97. The van der Waals surface area contributed by atoms with Crippen molar-refractivity contribution in [2.75, 3.05) is 0 Å². The number of hydrogen-bond acceptors (Lipinski definition) is 1. The Hall–Kier alpha value is -3.94. The molecule has 5 aromatic rings. The smallest absolute Gasteiger partial charge is 0.141 e. The molecular formula is C31H24O. The van der Waals surface area contributed by atoms with Crippen LogP contribution in [0.15, 0.2) is 133 Å². The first-order valence-electron chi connectivity index (χ1n) is 10.8. The van der Waals surface area contributed by atoms with E-state index in [1.54, 1.807) is 0 Å². The number of benzene rings is 5. The van der Waals surface area contributed by atoms with Crippen LogP contribution in [0.4, 0.5) is 0 Å². The third-order valence-electron chi connectivity index (χ3n) is 5.94. The number of aliphatic hydroxyl groups is 1. The van der Waals surface area contributed by atoms with Crippen LogP contribution < -0.4 is 0 Å². The van der Waals surface area contributed by atoms with Crippen LogP contribution in [0, 0.1) is 0 Å². The monoisotopic (exact) mass is 412 g/mol. The molecule has 0 aliphatic rings. The van der Waals surface area contributed by atoms with Gasteiger partial charge in [0.05, 0.1) is 0 Å². The SMILES string of the molecule is OC(/C(=C/c1ccccc1)c1ccccc1)(c1ccccc1)c1ccc2ccccc2c1. The zero-order chi connectivity index (χ0) is 21.8. The molecule has 0 spiro atoms. The Kier molecular flexibility index (Phi) is 5.41. The first-order valence-corrected chi connectivity index (χ1v) is 10.8. The van der Waals surface area contributed by atoms with Crippen molar-refractivity contribution in [1.29, 1.82) is 0 Å². The molecule has 0 saturated heterocycles. The van der Waals surface area contributed by atoms with E-state index in [2.05, 4.69) is 54.6 Å². The summed E-state index contributed by atoms with van der Waals surface area (Å²) >= 11 is 0. The number of fused-ring (bicyclic) bond motifs is 1. The minimum Gasteiger partial charge on any atom is -0.376 e. The molecular weight excluding hydrogens is 388 g/mol. The Morgan fingerprint density at radius 3 is 1.78 bits per heavy atom. The van der Waals surface area contributed by atoms with E-state index in [0.717, 1.165) is 38.6 Å². The van der Waals surface area contributed by atoms with E-state index in [-0.39, 0.29) is 0 Å². The van der Waals surface area contributed by atoms with Gasteiger partial charge in [-0.2, -0.15) is 0 Å². The molecule has 0 fully saturated rings. The third kappa shape index (κ3) is 3.75. The fourth-order valence-electron chi connectivity index (χ4n) is 4.30. The summed E-state index contributed by atoms with van der Waals surface area (Å²) in [7, 11) is 0. The fourth-order valence-corrected chi connectivity index (χ4v) is 4.30. The zero-order valence-corrected chi connectivity index (χ0v) is 17.7. The van der Waals surface area contributed by atoms with Crippen molar-refractivity contribution in [3.63, 3.8) is 0 Å². The molecule has 0 bridgehead atoms. The molecule has 1 unspecified atom stereocenters. The van der Waals surface area contributed by atoms with E-state index in [4.69, 9.17) is 0 Å². The highest BCUT2D eigenvalue weighted by atomic mass is 16.3. The van der Waals surface area contributed by atoms with Crippen molar-refractivity contribution < 1.29 is 5.11 Å². The van der Waals surface area contributed by atoms with Crippen molar-refractivity contribution in [2.24, 2.45) is 0 Å². The molecule has 0 heterocycles. The van der Waals surface area contributed by atoms with E-state index < -0.39 is 5.60 Å². The van der Waals surface area contributed by atoms with Gasteiger partial charge in [0.1, 0.15) is 5.60 Å². The average Bonchev–Trinajstić information content (AvgIpc) is 2.88. The second kappa shape index (κ2) is 8.66. The molecule has 32 heavy (non-hydrogen) atoms. The summed E-state index contributed by atoms with van der Waals surface area (Å²) in [5.41, 5.74) is 3.21. The Morgan fingerprint density at radius 2 is 1.09 bits per heavy atom. The summed E-state index contributed by atoms with van der Waals surface area (Å²) < 4.78 is 0. The summed E-state index contributed by atoms with van der Waals surface area (Å²) in [5, 5.41) is 14.9. The highest BCUT2D eigenvalue weighted by Crippen LogP contribution is 2.43. The molecule has 0 aromatic heterocycles. The first-order chi connectivity index (χ1) is 15.7. The van der Waals surface area contributed by atoms with E-state index in [1.807, 2.05) is 84.9 Å². The highest BCUT2D eigenvalue weighted by Gasteiger charge is 2.36. The van der Waals surface area contributed by atoms with E-state index in [0.29, 0.717) is 0 Å². The molecule has 0 amide bonds. The third-order valence-corrected chi connectivity index (χ3v) is 5.94. The maximum absolute atomic E-state index is 12.6. The molecule has 0 aliphatic heterocycles. The van der Waals surface area contributed by atoms with Crippen molar-refractivity contribution in [3.8, 4) is 0 Å². The van der Waals surface area contributed by atoms with Crippen molar-refractivity contribution in [2.45, 2.75) is 5.60 Å². The van der Waals surface area contributed by atoms with Gasteiger partial charge in [-0.05, 0) is 45.2 Å². The Labute approximate surface area is 188 Å². The minimum atomic E-state index is -1.33. The van der Waals surface area contributed by atoms with Crippen molar-refractivity contribution >= 4 is 22.4 Å². The summed E-state index contributed by atoms with van der Waals surface area (Å²) in [6.45, 7) is 0. The van der Waals surface area contributed by atoms with Gasteiger partial charge in [0.2, 0.25) is 0 Å². The largest absolute Gasteiger partial charge is 0.376 e. The average molecular weight is 413 g/mol. The Morgan fingerprint density at radius 1 is 0.531 bits per heavy atom. The normalized spacial score (nSPS) is 13.6. The molecule has 1 nitrogen and oxygen atoms in total. The van der Waals surface area contributed by atoms with Gasteiger partial charge < -0.3 is 5.11 Å². The van der Waals surface area contributed by atoms with Crippen LogP contribution in [0.25, 0.3) is 22.4 Å². The van der Waals surface area contributed by atoms with Gasteiger partial charge in [0.15, 0.2) is 0 Å². The Balaban J connectivity index is 1.82. The molecule has 0 saturated carbocycles. The van der Waals surface area contributed by atoms with Gasteiger partial charge in [-0.1, -0.05) is 127 Å². The number of hydrogen-bond donors (Lipinski definition) is 1. The molecule has 5 rings (SSSR count). The van der Waals surface area contributed by atoms with Gasteiger partial charge in [0, 0.05) is 5.57 Å². The number of rotatable bonds is 5. The lowest BCUT2D eigenvalue weighted by Gasteiger charge is -2.33. The van der Waals surface area contributed by atoms with Gasteiger partial charge in [-0.15, -0.1) is 0 Å². The van der Waals surface area contributed by atoms with Crippen LogP contribution in [-0.4, -0.2) is 5.11 Å². The topological polar surface area (TPSA) is 20.2 Å². The first kappa shape index (κ1) is 20.0. The summed E-state index contributed by atoms with van der Waals surface area (Å²) in [4.78, 5) is 0. The maximum atomic E-state index is 12.6. The van der Waals surface area contributed by atoms with E-state index >= 15 is 0 Å². The Bertz CT molecular complexity index is 1360. The summed E-state index contributed by atoms with van der Waals surface area (Å²) in [6, 6.07) is 44.7. The van der Waals surface area contributed by atoms with Crippen LogP contribution in [0.2, 0.25) is 0 Å². The minimum absolute atomic E-state index is 0.835. The predicted molar refractivity (Wildman–Crippen MR) is 134 cm³/mol. The quantitative estimate of drug-likeness (QED) is 0.300. The molecule has 1 atom stereocenters. The van der Waals surface area contributed by atoms with Gasteiger partial charge in [-0.3, -0.25) is 0 Å². The zero-order valence-electron chi connectivity index (χ0n) is 17.7. The van der Waals surface area contributed by atoms with Crippen LogP contribution in [0.3, 0.4) is 0 Å². The molecule has 0 aliphatic carbocycles. The maximum Gasteiger partial charge on any atom is 0.141 e. The van der Waals surface area contributed by atoms with Gasteiger partial charge >= 0.3 is 0 Å². The van der Waals surface area contributed by atoms with Crippen LogP contribution in [0.5, 0.6) is 0 Å². The fraction of sp³-hybridized carbons (Fsp3) is 0.0323. The second-order valence-electron chi connectivity index (χ2n) is 7.97. The molecule has 0 radical (unpaired) electrons. The molecule has 5 aromatic carbocycles. The van der Waals surface area contributed by atoms with Gasteiger partial charge in [0.25, 0.3) is 0 Å². The van der Waals surface area contributed by atoms with E-state index in [9.17, 15) is 5.11 Å². The summed E-state index contributed by atoms with van der Waals surface area (Å²) in [6.07, 6.45) is 2.09. The lowest BCUT2D eigenvalue weighted by atomic mass is 9.76. The lowest BCUT2D eigenvalue weighted by molar-refractivity contribution is 0.146. The molecule has 1 heteroatoms. The highest BCUT2D eigenvalue weighted by molar-refractivity contribution is 5.91. The lowest BCUT2D eigenvalue weighted by Crippen LogP contribution is -2.29. The van der Waals surface area contributed by atoms with Crippen LogP contribution >= 0.6 is 0 Å². The molecule has 154 valence electrons. The van der Waals surface area contributed by atoms with Crippen molar-refractivity contribution in [3.05, 3.63) is 156 Å².